The molecule has 2 N–H and O–H groups in total. The number of aromatic nitrogens is 2. The number of nitrogens with zero attached hydrogens (tertiary/aromatic N) is 3. The summed E-state index contributed by atoms with van der Waals surface area (Å²) in [6.45, 7) is 2.67. The average Bonchev–Trinajstić information content (AvgIpc) is 2.72. The summed E-state index contributed by atoms with van der Waals surface area (Å²) in [5.41, 5.74) is -2.69. The Kier molecular flexibility index (Phi) is 7.80. The van der Waals surface area contributed by atoms with Gasteiger partial charge in [0.15, 0.2) is 5.69 Å². The van der Waals surface area contributed by atoms with Gasteiger partial charge in [0.2, 0.25) is 11.7 Å². The number of aliphatic hydroxyl groups excluding tert-OH is 1. The Morgan fingerprint density at radius 3 is 2.69 bits per heavy atom. The summed E-state index contributed by atoms with van der Waals surface area (Å²) in [6.07, 6.45) is -3.15. The van der Waals surface area contributed by atoms with Crippen molar-refractivity contribution in [1.82, 2.24) is 14.9 Å². The van der Waals surface area contributed by atoms with Gasteiger partial charge in [0.1, 0.15) is 5.75 Å². The van der Waals surface area contributed by atoms with Gasteiger partial charge in [-0.1, -0.05) is 18.2 Å². The first kappa shape index (κ1) is 24.6. The molecule has 1 heterocycles. The maximum atomic E-state index is 13.4. The van der Waals surface area contributed by atoms with Crippen molar-refractivity contribution in [1.29, 1.82) is 5.26 Å². The van der Waals surface area contributed by atoms with Crippen LogP contribution in [-0.2, 0) is 17.5 Å². The summed E-state index contributed by atoms with van der Waals surface area (Å²) in [5, 5.41) is 20.6. The van der Waals surface area contributed by atoms with Crippen LogP contribution in [0.15, 0.2) is 53.1 Å². The Labute approximate surface area is 184 Å². The number of nitrogens with one attached hydrogen (secondary N) is 1. The number of carbonyl (C=O) groups is 1. The van der Waals surface area contributed by atoms with Crippen LogP contribution < -0.4 is 15.6 Å². The Balaban J connectivity index is 2.51. The van der Waals surface area contributed by atoms with Gasteiger partial charge in [0.25, 0.3) is 5.56 Å². The van der Waals surface area contributed by atoms with Crippen LogP contribution in [0.1, 0.15) is 11.3 Å². The third-order valence-electron chi connectivity index (χ3n) is 3.93. The van der Waals surface area contributed by atoms with Gasteiger partial charge in [0, 0.05) is 17.6 Å². The predicted molar refractivity (Wildman–Crippen MR) is 108 cm³/mol. The van der Waals surface area contributed by atoms with Crippen molar-refractivity contribution in [2.24, 2.45) is 0 Å². The number of ether oxygens (including phenoxy) is 1. The van der Waals surface area contributed by atoms with Crippen LogP contribution >= 0.6 is 11.6 Å². The molecule has 0 saturated heterocycles. The SMILES string of the molecule is C=C(/C=C(/CO)C(=O)NC)Cn1cnc(C(F)(F)F)c(Oc2cc(Cl)cc(C#N)c2)c1=O. The van der Waals surface area contributed by atoms with Gasteiger partial charge in [-0.2, -0.15) is 18.4 Å². The third kappa shape index (κ3) is 5.96. The van der Waals surface area contributed by atoms with E-state index in [9.17, 15) is 27.9 Å². The largest absolute Gasteiger partial charge is 0.449 e. The lowest BCUT2D eigenvalue weighted by Crippen LogP contribution is -2.27. The van der Waals surface area contributed by atoms with E-state index in [2.05, 4.69) is 16.9 Å². The normalized spacial score (nSPS) is 11.6. The molecule has 0 bridgehead atoms. The molecule has 0 aliphatic carbocycles. The second-order valence-electron chi connectivity index (χ2n) is 6.31. The molecule has 0 fully saturated rings. The smallest absolute Gasteiger partial charge is 0.437 e. The first-order valence-corrected chi connectivity index (χ1v) is 9.14. The Hall–Kier alpha value is -3.62. The maximum Gasteiger partial charge on any atom is 0.437 e. The van der Waals surface area contributed by atoms with Crippen LogP contribution in [0.4, 0.5) is 13.2 Å². The molecule has 1 aromatic carbocycles. The number of hydrogen-bond acceptors (Lipinski definition) is 6. The standard InChI is InChI=1S/C20H16ClF3N4O4/c1-11(3-13(9-29)18(30)26-2)8-28-10-27-17(20(22,23)24)16(19(28)31)32-15-5-12(7-25)4-14(21)6-15/h3-6,10,29H,1,8-9H2,2H3,(H,26,30)/b13-3-. The highest BCUT2D eigenvalue weighted by Crippen LogP contribution is 2.35. The fourth-order valence-electron chi connectivity index (χ4n) is 2.54. The van der Waals surface area contributed by atoms with Crippen LogP contribution in [0.2, 0.25) is 5.02 Å². The fraction of sp³-hybridized carbons (Fsp3) is 0.200. The Morgan fingerprint density at radius 1 is 1.44 bits per heavy atom. The number of aliphatic hydroxyl groups is 1. The minimum atomic E-state index is -5.01. The van der Waals surface area contributed by atoms with Gasteiger partial charge in [-0.3, -0.25) is 14.2 Å². The molecule has 0 aliphatic heterocycles. The van der Waals surface area contributed by atoms with Crippen LogP contribution in [-0.4, -0.2) is 34.2 Å². The molecule has 168 valence electrons. The first-order valence-electron chi connectivity index (χ1n) is 8.76. The lowest BCUT2D eigenvalue weighted by atomic mass is 10.1. The van der Waals surface area contributed by atoms with Crippen molar-refractivity contribution in [3.63, 3.8) is 0 Å². The van der Waals surface area contributed by atoms with E-state index in [-0.39, 0.29) is 34.0 Å². The van der Waals surface area contributed by atoms with E-state index in [1.54, 1.807) is 6.07 Å². The number of hydrogen-bond donors (Lipinski definition) is 2. The number of benzene rings is 1. The van der Waals surface area contributed by atoms with Crippen LogP contribution in [0.25, 0.3) is 0 Å². The van der Waals surface area contributed by atoms with E-state index in [0.717, 1.165) is 16.7 Å². The monoisotopic (exact) mass is 468 g/mol. The molecule has 1 amide bonds. The molecule has 8 nitrogen and oxygen atoms in total. The van der Waals surface area contributed by atoms with E-state index >= 15 is 0 Å². The number of carbonyl (C=O) groups excluding carboxylic acids is 1. The average molecular weight is 469 g/mol. The van der Waals surface area contributed by atoms with Gasteiger partial charge in [0.05, 0.1) is 31.1 Å². The molecule has 0 atom stereocenters. The van der Waals surface area contributed by atoms with Crippen LogP contribution in [0.3, 0.4) is 0 Å². The van der Waals surface area contributed by atoms with Gasteiger partial charge in [-0.05, 0) is 29.8 Å². The van der Waals surface area contributed by atoms with E-state index in [1.807, 2.05) is 0 Å². The third-order valence-corrected chi connectivity index (χ3v) is 4.14. The molecule has 0 unspecified atom stereocenters. The van der Waals surface area contributed by atoms with Crippen molar-refractivity contribution < 1.29 is 27.8 Å². The Morgan fingerprint density at radius 2 is 2.12 bits per heavy atom. The number of halogens is 4. The number of rotatable bonds is 7. The second kappa shape index (κ2) is 10.1. The summed E-state index contributed by atoms with van der Waals surface area (Å²) in [5.74, 6) is -1.99. The van der Waals surface area contributed by atoms with Gasteiger partial charge >= 0.3 is 6.18 Å². The summed E-state index contributed by atoms with van der Waals surface area (Å²) in [7, 11) is 1.34. The lowest BCUT2D eigenvalue weighted by molar-refractivity contribution is -0.142. The zero-order valence-corrected chi connectivity index (χ0v) is 17.3. The lowest BCUT2D eigenvalue weighted by Gasteiger charge is -2.15. The molecule has 0 aliphatic rings. The minimum Gasteiger partial charge on any atom is -0.449 e. The van der Waals surface area contributed by atoms with Crippen molar-refractivity contribution in [3.05, 3.63) is 75.0 Å². The van der Waals surface area contributed by atoms with Crippen molar-refractivity contribution in [2.45, 2.75) is 12.7 Å². The van der Waals surface area contributed by atoms with E-state index in [0.29, 0.717) is 6.33 Å². The molecular formula is C20H16ClF3N4O4. The zero-order chi connectivity index (χ0) is 24.1. The molecule has 12 heteroatoms. The summed E-state index contributed by atoms with van der Waals surface area (Å²) < 4.78 is 46.2. The summed E-state index contributed by atoms with van der Waals surface area (Å²) in [4.78, 5) is 27.7. The zero-order valence-electron chi connectivity index (χ0n) is 16.5. The number of likely N-dealkylation sites (N-methyl/N-ethyl adjacent to an activating group) is 1. The molecular weight excluding hydrogens is 453 g/mol. The number of allylic oxidation sites excluding steroid dienone is 2. The molecule has 0 saturated carbocycles. The van der Waals surface area contributed by atoms with E-state index < -0.39 is 35.7 Å². The predicted octanol–water partition coefficient (Wildman–Crippen LogP) is 2.80. The maximum absolute atomic E-state index is 13.4. The minimum absolute atomic E-state index is 0.00882. The fourth-order valence-corrected chi connectivity index (χ4v) is 2.76. The summed E-state index contributed by atoms with van der Waals surface area (Å²) >= 11 is 5.84. The van der Waals surface area contributed by atoms with Gasteiger partial charge in [-0.15, -0.1) is 0 Å². The second-order valence-corrected chi connectivity index (χ2v) is 6.74. The number of nitriles is 1. The topological polar surface area (TPSA) is 117 Å². The van der Waals surface area contributed by atoms with Crippen molar-refractivity contribution in [3.8, 4) is 17.6 Å². The van der Waals surface area contributed by atoms with Crippen LogP contribution in [0.5, 0.6) is 11.5 Å². The van der Waals surface area contributed by atoms with Crippen molar-refractivity contribution in [2.75, 3.05) is 13.7 Å². The van der Waals surface area contributed by atoms with E-state index in [4.69, 9.17) is 21.6 Å². The molecule has 32 heavy (non-hydrogen) atoms. The highest BCUT2D eigenvalue weighted by atomic mass is 35.5. The molecule has 2 rings (SSSR count). The van der Waals surface area contributed by atoms with Crippen LogP contribution in [0, 0.1) is 11.3 Å². The summed E-state index contributed by atoms with van der Waals surface area (Å²) in [6, 6.07) is 5.29. The molecule has 2 aromatic rings. The number of alkyl halides is 3. The number of amides is 1. The van der Waals surface area contributed by atoms with Gasteiger partial charge in [-0.25, -0.2) is 4.98 Å². The molecule has 0 radical (unpaired) electrons. The highest BCUT2D eigenvalue weighted by molar-refractivity contribution is 6.30. The first-order chi connectivity index (χ1) is 15.0. The molecule has 0 spiro atoms. The van der Waals surface area contributed by atoms with Crippen molar-refractivity contribution >= 4 is 17.5 Å². The highest BCUT2D eigenvalue weighted by Gasteiger charge is 2.38. The van der Waals surface area contributed by atoms with Gasteiger partial charge < -0.3 is 15.2 Å². The molecule has 1 aromatic heterocycles. The Bertz CT molecular complexity index is 1180. The van der Waals surface area contributed by atoms with E-state index in [1.165, 1.54) is 19.2 Å². The quantitative estimate of drug-likeness (QED) is 0.476.